The van der Waals surface area contributed by atoms with Crippen molar-refractivity contribution in [3.05, 3.63) is 66.1 Å². The van der Waals surface area contributed by atoms with Crippen molar-refractivity contribution >= 4 is 28.2 Å². The van der Waals surface area contributed by atoms with Gasteiger partial charge in [-0.2, -0.15) is 0 Å². The Morgan fingerprint density at radius 3 is 2.39 bits per heavy atom. The molecule has 3 aromatic rings. The van der Waals surface area contributed by atoms with Gasteiger partial charge in [-0.05, 0) is 24.3 Å². The van der Waals surface area contributed by atoms with E-state index in [2.05, 4.69) is 15.3 Å². The summed E-state index contributed by atoms with van der Waals surface area (Å²) in [6, 6.07) is 12.0. The highest BCUT2D eigenvalue weighted by Gasteiger charge is 2.20. The summed E-state index contributed by atoms with van der Waals surface area (Å²) in [7, 11) is 0. The molecule has 2 aromatic heterocycles. The molecule has 1 aromatic carbocycles. The summed E-state index contributed by atoms with van der Waals surface area (Å²) in [5.41, 5.74) is 1.02. The van der Waals surface area contributed by atoms with Crippen molar-refractivity contribution in [1.82, 2.24) is 9.97 Å². The number of nitrogens with zero attached hydrogens (tertiary/aromatic N) is 2. The first-order valence-electron chi connectivity index (χ1n) is 6.66. The van der Waals surface area contributed by atoms with Crippen LogP contribution in [-0.2, 0) is 0 Å². The number of aromatic carboxylic acids is 1. The second kappa shape index (κ2) is 6.37. The lowest BCUT2D eigenvalue weighted by molar-refractivity contribution is 0.0692. The van der Waals surface area contributed by atoms with Gasteiger partial charge >= 0.3 is 5.97 Å². The SMILES string of the molecule is O=C(Nc1sc(-c2ccncc2)nc1C(=O)O)c1ccccc1. The van der Waals surface area contributed by atoms with Gasteiger partial charge in [0.05, 0.1) is 0 Å². The topological polar surface area (TPSA) is 92.2 Å². The van der Waals surface area contributed by atoms with Gasteiger partial charge < -0.3 is 10.4 Å². The van der Waals surface area contributed by atoms with Crippen molar-refractivity contribution in [2.45, 2.75) is 0 Å². The molecule has 1 amide bonds. The Balaban J connectivity index is 1.94. The van der Waals surface area contributed by atoms with Crippen LogP contribution in [0.25, 0.3) is 10.6 Å². The van der Waals surface area contributed by atoms with Crippen molar-refractivity contribution in [3.63, 3.8) is 0 Å². The number of pyridine rings is 1. The van der Waals surface area contributed by atoms with Gasteiger partial charge in [0.2, 0.25) is 0 Å². The number of hydrogen-bond acceptors (Lipinski definition) is 5. The summed E-state index contributed by atoms with van der Waals surface area (Å²) in [5.74, 6) is -1.57. The zero-order valence-corrected chi connectivity index (χ0v) is 12.6. The van der Waals surface area contributed by atoms with Crippen LogP contribution in [0.5, 0.6) is 0 Å². The second-order valence-corrected chi connectivity index (χ2v) is 5.56. The van der Waals surface area contributed by atoms with E-state index in [0.717, 1.165) is 16.9 Å². The molecule has 0 saturated heterocycles. The summed E-state index contributed by atoms with van der Waals surface area (Å²) in [5, 5.41) is 12.6. The second-order valence-electron chi connectivity index (χ2n) is 4.56. The molecule has 0 unspecified atom stereocenters. The molecular weight excluding hydrogens is 314 g/mol. The zero-order chi connectivity index (χ0) is 16.2. The highest BCUT2D eigenvalue weighted by Crippen LogP contribution is 2.32. The van der Waals surface area contributed by atoms with Crippen LogP contribution in [0.15, 0.2) is 54.9 Å². The molecule has 6 nitrogen and oxygen atoms in total. The van der Waals surface area contributed by atoms with Crippen LogP contribution < -0.4 is 5.32 Å². The van der Waals surface area contributed by atoms with Crippen molar-refractivity contribution in [1.29, 1.82) is 0 Å². The minimum absolute atomic E-state index is 0.175. The molecular formula is C16H11N3O3S. The monoisotopic (exact) mass is 325 g/mol. The number of anilines is 1. The van der Waals surface area contributed by atoms with Crippen molar-refractivity contribution in [2.75, 3.05) is 5.32 Å². The van der Waals surface area contributed by atoms with Crippen molar-refractivity contribution in [2.24, 2.45) is 0 Å². The molecule has 114 valence electrons. The van der Waals surface area contributed by atoms with Crippen molar-refractivity contribution < 1.29 is 14.7 Å². The van der Waals surface area contributed by atoms with Gasteiger partial charge in [0, 0.05) is 23.5 Å². The lowest BCUT2D eigenvalue weighted by atomic mass is 10.2. The maximum absolute atomic E-state index is 12.2. The minimum Gasteiger partial charge on any atom is -0.476 e. The Morgan fingerprint density at radius 1 is 1.04 bits per heavy atom. The average Bonchev–Trinajstić information content (AvgIpc) is 3.00. The molecule has 0 spiro atoms. The van der Waals surface area contributed by atoms with Crippen LogP contribution in [0.2, 0.25) is 0 Å². The number of carbonyl (C=O) groups excluding carboxylic acids is 1. The fourth-order valence-corrected chi connectivity index (χ4v) is 2.89. The van der Waals surface area contributed by atoms with Crippen LogP contribution >= 0.6 is 11.3 Å². The Kier molecular flexibility index (Phi) is 4.11. The molecule has 0 aliphatic rings. The van der Waals surface area contributed by atoms with Gasteiger partial charge in [0.25, 0.3) is 5.91 Å². The first-order valence-corrected chi connectivity index (χ1v) is 7.47. The van der Waals surface area contributed by atoms with Gasteiger partial charge in [-0.3, -0.25) is 9.78 Å². The zero-order valence-electron chi connectivity index (χ0n) is 11.8. The number of nitrogens with one attached hydrogen (secondary N) is 1. The Bertz CT molecular complexity index is 848. The predicted octanol–water partition coefficient (Wildman–Crippen LogP) is 3.16. The molecule has 0 aliphatic carbocycles. The smallest absolute Gasteiger partial charge is 0.357 e. The molecule has 2 heterocycles. The standard InChI is InChI=1S/C16H11N3O3S/c20-13(10-4-2-1-3-5-10)19-15-12(16(21)22)18-14(23-15)11-6-8-17-9-7-11/h1-9H,(H,19,20)(H,21,22). The number of carboxylic acid groups (broad SMARTS) is 1. The number of carboxylic acids is 1. The lowest BCUT2D eigenvalue weighted by Crippen LogP contribution is -2.13. The first kappa shape index (κ1) is 14.9. The summed E-state index contributed by atoms with van der Waals surface area (Å²) < 4.78 is 0. The first-order chi connectivity index (χ1) is 11.1. The molecule has 0 atom stereocenters. The molecule has 0 bridgehead atoms. The molecule has 0 fully saturated rings. The summed E-state index contributed by atoms with van der Waals surface area (Å²) in [6.07, 6.45) is 3.19. The van der Waals surface area contributed by atoms with E-state index in [9.17, 15) is 14.7 Å². The third-order valence-electron chi connectivity index (χ3n) is 3.02. The minimum atomic E-state index is -1.19. The molecule has 23 heavy (non-hydrogen) atoms. The van der Waals surface area contributed by atoms with Crippen LogP contribution in [0.4, 0.5) is 5.00 Å². The predicted molar refractivity (Wildman–Crippen MR) is 86.7 cm³/mol. The number of aromatic nitrogens is 2. The van der Waals surface area contributed by atoms with Gasteiger partial charge in [-0.1, -0.05) is 29.5 Å². The van der Waals surface area contributed by atoms with Gasteiger partial charge in [0.1, 0.15) is 10.0 Å². The van der Waals surface area contributed by atoms with Gasteiger partial charge in [-0.25, -0.2) is 9.78 Å². The Morgan fingerprint density at radius 2 is 1.74 bits per heavy atom. The number of amides is 1. The van der Waals surface area contributed by atoms with E-state index in [0.29, 0.717) is 10.6 Å². The number of thiazole rings is 1. The average molecular weight is 325 g/mol. The maximum Gasteiger partial charge on any atom is 0.357 e. The molecule has 3 rings (SSSR count). The van der Waals surface area contributed by atoms with E-state index in [1.165, 1.54) is 0 Å². The highest BCUT2D eigenvalue weighted by atomic mass is 32.1. The fraction of sp³-hybridized carbons (Fsp3) is 0. The van der Waals surface area contributed by atoms with E-state index in [-0.39, 0.29) is 16.6 Å². The Hall–Kier alpha value is -3.06. The van der Waals surface area contributed by atoms with Crippen LogP contribution in [0.3, 0.4) is 0 Å². The molecule has 0 radical (unpaired) electrons. The maximum atomic E-state index is 12.2. The van der Waals surface area contributed by atoms with E-state index in [4.69, 9.17) is 0 Å². The highest BCUT2D eigenvalue weighted by molar-refractivity contribution is 7.19. The third-order valence-corrected chi connectivity index (χ3v) is 4.04. The summed E-state index contributed by atoms with van der Waals surface area (Å²) in [4.78, 5) is 31.6. The van der Waals surface area contributed by atoms with Gasteiger partial charge in [0.15, 0.2) is 5.69 Å². The van der Waals surface area contributed by atoms with Crippen molar-refractivity contribution in [3.8, 4) is 10.6 Å². The van der Waals surface area contributed by atoms with Crippen LogP contribution in [0.1, 0.15) is 20.8 Å². The van der Waals surface area contributed by atoms with Crippen LogP contribution in [0, 0.1) is 0 Å². The molecule has 0 saturated carbocycles. The summed E-state index contributed by atoms with van der Waals surface area (Å²) >= 11 is 1.11. The molecule has 2 N–H and O–H groups in total. The third kappa shape index (κ3) is 3.24. The molecule has 0 aliphatic heterocycles. The number of benzene rings is 1. The van der Waals surface area contributed by atoms with Gasteiger partial charge in [-0.15, -0.1) is 0 Å². The number of carbonyl (C=O) groups is 2. The van der Waals surface area contributed by atoms with E-state index in [1.54, 1.807) is 54.9 Å². The Labute approximate surface area is 135 Å². The van der Waals surface area contributed by atoms with E-state index < -0.39 is 5.97 Å². The van der Waals surface area contributed by atoms with Crippen LogP contribution in [-0.4, -0.2) is 27.0 Å². The number of hydrogen-bond donors (Lipinski definition) is 2. The molecule has 7 heteroatoms. The number of rotatable bonds is 4. The summed E-state index contributed by atoms with van der Waals surface area (Å²) in [6.45, 7) is 0. The normalized spacial score (nSPS) is 10.3. The largest absolute Gasteiger partial charge is 0.476 e. The lowest BCUT2D eigenvalue weighted by Gasteiger charge is -2.02. The van der Waals surface area contributed by atoms with E-state index >= 15 is 0 Å². The fourth-order valence-electron chi connectivity index (χ4n) is 1.93. The quantitative estimate of drug-likeness (QED) is 0.768. The van der Waals surface area contributed by atoms with E-state index in [1.807, 2.05) is 0 Å².